The molecule has 3 rings (SSSR count). The number of nitrogens with two attached hydrogens (primary N) is 1. The van der Waals surface area contributed by atoms with E-state index in [9.17, 15) is 4.79 Å². The van der Waals surface area contributed by atoms with E-state index in [1.54, 1.807) is 0 Å². The van der Waals surface area contributed by atoms with Gasteiger partial charge in [-0.05, 0) is 24.1 Å². The summed E-state index contributed by atoms with van der Waals surface area (Å²) in [5.41, 5.74) is 7.27. The summed E-state index contributed by atoms with van der Waals surface area (Å²) in [5, 5.41) is 11.7. The van der Waals surface area contributed by atoms with Gasteiger partial charge in [-0.3, -0.25) is 4.79 Å². The van der Waals surface area contributed by atoms with E-state index in [-0.39, 0.29) is 11.9 Å². The normalized spacial score (nSPS) is 17.1. The highest BCUT2D eigenvalue weighted by molar-refractivity contribution is 5.94. The minimum Gasteiger partial charge on any atom is -0.347 e. The first-order chi connectivity index (χ1) is 11.1. The average Bonchev–Trinajstić information content (AvgIpc) is 2.98. The number of carbonyl (C=O) groups excluding carboxylic acids is 1. The summed E-state index contributed by atoms with van der Waals surface area (Å²) in [6.45, 7) is 5.44. The Morgan fingerprint density at radius 3 is 2.74 bits per heavy atom. The van der Waals surface area contributed by atoms with E-state index in [2.05, 4.69) is 33.9 Å². The fraction of sp³-hybridized carbons (Fsp3) is 0.471. The van der Waals surface area contributed by atoms with E-state index >= 15 is 0 Å². The molecule has 0 spiro atoms. The van der Waals surface area contributed by atoms with Crippen LogP contribution < -0.4 is 11.1 Å². The van der Waals surface area contributed by atoms with Crippen LogP contribution in [0.5, 0.6) is 0 Å². The molecule has 1 amide bonds. The Balaban J connectivity index is 1.68. The first-order valence-electron chi connectivity index (χ1n) is 8.10. The molecule has 0 saturated carbocycles. The number of nitrogens with one attached hydrogen (secondary N) is 1. The van der Waals surface area contributed by atoms with Gasteiger partial charge in [0.1, 0.15) is 11.6 Å². The number of nitrogens with zero attached hydrogens (tertiary/aromatic N) is 3. The lowest BCUT2D eigenvalue weighted by atomic mass is 10.0. The molecule has 0 saturated heterocycles. The van der Waals surface area contributed by atoms with E-state index < -0.39 is 0 Å². The van der Waals surface area contributed by atoms with Crippen molar-refractivity contribution in [3.8, 4) is 0 Å². The molecule has 0 bridgehead atoms. The predicted molar refractivity (Wildman–Crippen MR) is 88.0 cm³/mol. The van der Waals surface area contributed by atoms with Crippen LogP contribution in [0.15, 0.2) is 24.3 Å². The van der Waals surface area contributed by atoms with Gasteiger partial charge in [0.25, 0.3) is 5.91 Å². The molecule has 6 nitrogen and oxygen atoms in total. The number of rotatable bonds is 4. The van der Waals surface area contributed by atoms with Crippen LogP contribution in [-0.2, 0) is 19.5 Å². The number of carbonyl (C=O) groups is 1. The molecule has 0 radical (unpaired) electrons. The van der Waals surface area contributed by atoms with Crippen molar-refractivity contribution >= 4 is 5.91 Å². The fourth-order valence-corrected chi connectivity index (χ4v) is 2.95. The number of aromatic nitrogens is 3. The van der Waals surface area contributed by atoms with E-state index in [0.29, 0.717) is 18.0 Å². The average molecular weight is 313 g/mol. The van der Waals surface area contributed by atoms with Gasteiger partial charge in [-0.2, -0.15) is 0 Å². The molecule has 1 unspecified atom stereocenters. The van der Waals surface area contributed by atoms with Crippen LogP contribution in [0.1, 0.15) is 53.8 Å². The lowest BCUT2D eigenvalue weighted by Crippen LogP contribution is -2.41. The van der Waals surface area contributed by atoms with E-state index in [0.717, 1.165) is 36.6 Å². The Morgan fingerprint density at radius 2 is 2.09 bits per heavy atom. The van der Waals surface area contributed by atoms with Crippen LogP contribution >= 0.6 is 0 Å². The highest BCUT2D eigenvalue weighted by Crippen LogP contribution is 2.20. The van der Waals surface area contributed by atoms with Gasteiger partial charge >= 0.3 is 0 Å². The summed E-state index contributed by atoms with van der Waals surface area (Å²) in [5.74, 6) is 2.30. The van der Waals surface area contributed by atoms with Gasteiger partial charge in [0.15, 0.2) is 0 Å². The zero-order chi connectivity index (χ0) is 16.4. The van der Waals surface area contributed by atoms with Crippen molar-refractivity contribution in [3.63, 3.8) is 0 Å². The number of fused-ring (bicyclic) bond motifs is 1. The molecule has 2 heterocycles. The molecular weight excluding hydrogens is 290 g/mol. The molecule has 6 heteroatoms. The van der Waals surface area contributed by atoms with Gasteiger partial charge < -0.3 is 15.6 Å². The SMILES string of the molecule is CC(C)c1nnc2n1CC(NC(=O)c1ccc(CN)cc1)CC2. The van der Waals surface area contributed by atoms with Crippen LogP contribution in [0.4, 0.5) is 0 Å². The quantitative estimate of drug-likeness (QED) is 0.898. The Bertz CT molecular complexity index is 690. The first kappa shape index (κ1) is 15.7. The molecule has 1 aliphatic rings. The Morgan fingerprint density at radius 1 is 1.35 bits per heavy atom. The van der Waals surface area contributed by atoms with Crippen molar-refractivity contribution in [2.75, 3.05) is 0 Å². The zero-order valence-corrected chi connectivity index (χ0v) is 13.6. The smallest absolute Gasteiger partial charge is 0.251 e. The molecule has 23 heavy (non-hydrogen) atoms. The lowest BCUT2D eigenvalue weighted by molar-refractivity contribution is 0.0927. The number of benzene rings is 1. The highest BCUT2D eigenvalue weighted by Gasteiger charge is 2.25. The van der Waals surface area contributed by atoms with Crippen LogP contribution in [-0.4, -0.2) is 26.7 Å². The second-order valence-electron chi connectivity index (χ2n) is 6.35. The van der Waals surface area contributed by atoms with Crippen molar-refractivity contribution in [2.45, 2.75) is 51.7 Å². The number of hydrogen-bond acceptors (Lipinski definition) is 4. The Labute approximate surface area is 136 Å². The van der Waals surface area contributed by atoms with Crippen LogP contribution in [0.25, 0.3) is 0 Å². The summed E-state index contributed by atoms with van der Waals surface area (Å²) in [4.78, 5) is 12.4. The van der Waals surface area contributed by atoms with Crippen molar-refractivity contribution < 1.29 is 4.79 Å². The maximum atomic E-state index is 12.4. The molecule has 0 aliphatic carbocycles. The molecule has 1 atom stereocenters. The molecular formula is C17H23N5O. The van der Waals surface area contributed by atoms with Crippen LogP contribution in [0.2, 0.25) is 0 Å². The fourth-order valence-electron chi connectivity index (χ4n) is 2.95. The third kappa shape index (κ3) is 3.27. The molecule has 3 N–H and O–H groups in total. The van der Waals surface area contributed by atoms with Crippen molar-refractivity contribution in [1.29, 1.82) is 0 Å². The van der Waals surface area contributed by atoms with E-state index in [1.165, 1.54) is 0 Å². The largest absolute Gasteiger partial charge is 0.347 e. The first-order valence-corrected chi connectivity index (χ1v) is 8.10. The molecule has 1 aromatic heterocycles. The molecule has 2 aromatic rings. The summed E-state index contributed by atoms with van der Waals surface area (Å²) in [6.07, 6.45) is 1.74. The second kappa shape index (κ2) is 6.50. The van der Waals surface area contributed by atoms with Gasteiger partial charge in [-0.1, -0.05) is 26.0 Å². The van der Waals surface area contributed by atoms with E-state index in [4.69, 9.17) is 5.73 Å². The maximum Gasteiger partial charge on any atom is 0.251 e. The number of amides is 1. The topological polar surface area (TPSA) is 85.8 Å². The minimum absolute atomic E-state index is 0.0406. The van der Waals surface area contributed by atoms with Gasteiger partial charge in [-0.15, -0.1) is 10.2 Å². The minimum atomic E-state index is -0.0406. The summed E-state index contributed by atoms with van der Waals surface area (Å²) in [7, 11) is 0. The van der Waals surface area contributed by atoms with Crippen LogP contribution in [0.3, 0.4) is 0 Å². The lowest BCUT2D eigenvalue weighted by Gasteiger charge is -2.26. The maximum absolute atomic E-state index is 12.4. The predicted octanol–water partition coefficient (Wildman–Crippen LogP) is 1.60. The van der Waals surface area contributed by atoms with Crippen LogP contribution in [0, 0.1) is 0 Å². The summed E-state index contributed by atoms with van der Waals surface area (Å²) >= 11 is 0. The highest BCUT2D eigenvalue weighted by atomic mass is 16.1. The third-order valence-corrected chi connectivity index (χ3v) is 4.28. The van der Waals surface area contributed by atoms with Gasteiger partial charge in [0.2, 0.25) is 0 Å². The Hall–Kier alpha value is -2.21. The third-order valence-electron chi connectivity index (χ3n) is 4.28. The van der Waals surface area contributed by atoms with Gasteiger partial charge in [-0.25, -0.2) is 0 Å². The van der Waals surface area contributed by atoms with Crippen molar-refractivity contribution in [2.24, 2.45) is 5.73 Å². The zero-order valence-electron chi connectivity index (χ0n) is 13.6. The molecule has 1 aliphatic heterocycles. The van der Waals surface area contributed by atoms with Crippen molar-refractivity contribution in [1.82, 2.24) is 20.1 Å². The molecule has 1 aromatic carbocycles. The number of aryl methyl sites for hydroxylation is 1. The monoisotopic (exact) mass is 313 g/mol. The Kier molecular flexibility index (Phi) is 4.43. The molecule has 122 valence electrons. The van der Waals surface area contributed by atoms with E-state index in [1.807, 2.05) is 24.3 Å². The standard InChI is InChI=1S/C17H23N5O/c1-11(2)16-21-20-15-8-7-14(10-22(15)16)19-17(23)13-5-3-12(9-18)4-6-13/h3-6,11,14H,7-10,18H2,1-2H3,(H,19,23). The van der Waals surface area contributed by atoms with Crippen molar-refractivity contribution in [3.05, 3.63) is 47.0 Å². The van der Waals surface area contributed by atoms with Gasteiger partial charge in [0, 0.05) is 37.0 Å². The second-order valence-corrected chi connectivity index (χ2v) is 6.35. The number of hydrogen-bond donors (Lipinski definition) is 2. The van der Waals surface area contributed by atoms with Gasteiger partial charge in [0.05, 0.1) is 0 Å². The summed E-state index contributed by atoms with van der Waals surface area (Å²) in [6, 6.07) is 7.54. The molecule has 0 fully saturated rings. The summed E-state index contributed by atoms with van der Waals surface area (Å²) < 4.78 is 2.15.